The number of nitrogens with two attached hydrogens (primary N) is 1. The lowest BCUT2D eigenvalue weighted by Crippen LogP contribution is -2.38. The Bertz CT molecular complexity index is 581. The van der Waals surface area contributed by atoms with Crippen molar-refractivity contribution in [1.29, 1.82) is 0 Å². The van der Waals surface area contributed by atoms with Crippen molar-refractivity contribution in [2.45, 2.75) is 39.2 Å². The molecule has 0 spiro atoms. The first-order valence-corrected chi connectivity index (χ1v) is 7.45. The van der Waals surface area contributed by atoms with Gasteiger partial charge in [0.25, 0.3) is 0 Å². The van der Waals surface area contributed by atoms with E-state index in [1.165, 1.54) is 25.9 Å². The van der Waals surface area contributed by atoms with Gasteiger partial charge < -0.3 is 10.6 Å². The minimum absolute atomic E-state index is 0.650. The minimum atomic E-state index is 0.650. The quantitative estimate of drug-likeness (QED) is 0.929. The van der Waals surface area contributed by atoms with Gasteiger partial charge in [0.2, 0.25) is 0 Å². The summed E-state index contributed by atoms with van der Waals surface area (Å²) >= 11 is 0. The molecule has 3 heterocycles. The Morgan fingerprint density at radius 2 is 2.10 bits per heavy atom. The molecule has 0 aliphatic carbocycles. The van der Waals surface area contributed by atoms with Crippen molar-refractivity contribution < 1.29 is 0 Å². The number of nitrogens with zero attached hydrogens (tertiary/aromatic N) is 4. The van der Waals surface area contributed by atoms with Crippen LogP contribution in [0.25, 0.3) is 5.65 Å². The maximum Gasteiger partial charge on any atom is 0.155 e. The molecule has 20 heavy (non-hydrogen) atoms. The molecule has 0 radical (unpaired) electrons. The van der Waals surface area contributed by atoms with E-state index in [1.54, 1.807) is 10.7 Å². The lowest BCUT2D eigenvalue weighted by Gasteiger charge is -2.34. The monoisotopic (exact) mass is 273 g/mol. The summed E-state index contributed by atoms with van der Waals surface area (Å²) in [4.78, 5) is 6.85. The molecule has 0 aromatic carbocycles. The number of piperidine rings is 1. The standard InChI is InChI=1S/C15H23N5/c1-11(2)19-5-3-12(4-6-19)7-14-8-15-17-9-13(16)10-20(15)18-14/h8-12H,3-7,16H2,1-2H3. The van der Waals surface area contributed by atoms with Crippen LogP contribution in [0, 0.1) is 5.92 Å². The van der Waals surface area contributed by atoms with Crippen LogP contribution in [0.15, 0.2) is 18.5 Å². The van der Waals surface area contributed by atoms with Crippen LogP contribution in [0.4, 0.5) is 5.69 Å². The highest BCUT2D eigenvalue weighted by atomic mass is 15.2. The van der Waals surface area contributed by atoms with Gasteiger partial charge in [-0.2, -0.15) is 5.10 Å². The van der Waals surface area contributed by atoms with Crippen LogP contribution in [-0.2, 0) is 6.42 Å². The van der Waals surface area contributed by atoms with Gasteiger partial charge in [-0.25, -0.2) is 9.50 Å². The van der Waals surface area contributed by atoms with E-state index in [9.17, 15) is 0 Å². The van der Waals surface area contributed by atoms with E-state index < -0.39 is 0 Å². The van der Waals surface area contributed by atoms with Crippen molar-refractivity contribution in [3.63, 3.8) is 0 Å². The summed E-state index contributed by atoms with van der Waals surface area (Å²) < 4.78 is 1.79. The Balaban J connectivity index is 1.65. The molecule has 0 unspecified atom stereocenters. The molecule has 0 amide bonds. The SMILES string of the molecule is CC(C)N1CCC(Cc2cc3ncc(N)cn3n2)CC1. The molecule has 2 N–H and O–H groups in total. The van der Waals surface area contributed by atoms with E-state index in [4.69, 9.17) is 5.73 Å². The van der Waals surface area contributed by atoms with Crippen LogP contribution >= 0.6 is 0 Å². The fourth-order valence-electron chi connectivity index (χ4n) is 3.01. The van der Waals surface area contributed by atoms with Gasteiger partial charge in [0.1, 0.15) is 0 Å². The van der Waals surface area contributed by atoms with Gasteiger partial charge in [-0.15, -0.1) is 0 Å². The summed E-state index contributed by atoms with van der Waals surface area (Å²) in [6.07, 6.45) is 7.09. The summed E-state index contributed by atoms with van der Waals surface area (Å²) in [5, 5.41) is 4.58. The molecule has 2 aromatic heterocycles. The van der Waals surface area contributed by atoms with Crippen molar-refractivity contribution in [2.75, 3.05) is 18.8 Å². The number of aromatic nitrogens is 3. The largest absolute Gasteiger partial charge is 0.396 e. The fraction of sp³-hybridized carbons (Fsp3) is 0.600. The normalized spacial score (nSPS) is 18.1. The van der Waals surface area contributed by atoms with E-state index in [2.05, 4.69) is 34.9 Å². The second-order valence-electron chi connectivity index (χ2n) is 6.10. The van der Waals surface area contributed by atoms with Crippen LogP contribution < -0.4 is 5.73 Å². The Kier molecular flexibility index (Phi) is 3.61. The number of likely N-dealkylation sites (tertiary alicyclic amines) is 1. The number of hydrogen-bond acceptors (Lipinski definition) is 4. The van der Waals surface area contributed by atoms with E-state index >= 15 is 0 Å². The highest BCUT2D eigenvalue weighted by Gasteiger charge is 2.21. The maximum atomic E-state index is 5.73. The van der Waals surface area contributed by atoms with E-state index in [0.717, 1.165) is 23.7 Å². The molecule has 1 aliphatic rings. The van der Waals surface area contributed by atoms with E-state index in [1.807, 2.05) is 6.20 Å². The van der Waals surface area contributed by atoms with Crippen LogP contribution in [0.1, 0.15) is 32.4 Å². The Labute approximate surface area is 119 Å². The highest BCUT2D eigenvalue weighted by molar-refractivity contribution is 5.44. The lowest BCUT2D eigenvalue weighted by molar-refractivity contribution is 0.149. The molecule has 0 bridgehead atoms. The third-order valence-corrected chi connectivity index (χ3v) is 4.26. The van der Waals surface area contributed by atoms with Gasteiger partial charge in [0.05, 0.1) is 23.8 Å². The van der Waals surface area contributed by atoms with Gasteiger partial charge in [-0.05, 0) is 52.1 Å². The zero-order chi connectivity index (χ0) is 14.1. The van der Waals surface area contributed by atoms with Crippen molar-refractivity contribution in [2.24, 2.45) is 5.92 Å². The molecule has 5 nitrogen and oxygen atoms in total. The molecule has 2 aromatic rings. The first kappa shape index (κ1) is 13.4. The Morgan fingerprint density at radius 1 is 1.35 bits per heavy atom. The van der Waals surface area contributed by atoms with Gasteiger partial charge in [-0.1, -0.05) is 0 Å². The predicted octanol–water partition coefficient (Wildman–Crippen LogP) is 1.97. The van der Waals surface area contributed by atoms with Crippen LogP contribution in [0.3, 0.4) is 0 Å². The van der Waals surface area contributed by atoms with Gasteiger partial charge in [0.15, 0.2) is 5.65 Å². The minimum Gasteiger partial charge on any atom is -0.396 e. The summed E-state index contributed by atoms with van der Waals surface area (Å²) in [5.41, 5.74) is 8.40. The van der Waals surface area contributed by atoms with E-state index in [-0.39, 0.29) is 0 Å². The lowest BCUT2D eigenvalue weighted by atomic mass is 9.92. The average Bonchev–Trinajstić information content (AvgIpc) is 2.80. The van der Waals surface area contributed by atoms with Crippen LogP contribution in [0.2, 0.25) is 0 Å². The molecule has 1 saturated heterocycles. The first-order chi connectivity index (χ1) is 9.61. The zero-order valence-corrected chi connectivity index (χ0v) is 12.3. The summed E-state index contributed by atoms with van der Waals surface area (Å²) in [6.45, 7) is 6.97. The number of nitrogen functional groups attached to an aromatic ring is 1. The smallest absolute Gasteiger partial charge is 0.155 e. The number of rotatable bonds is 3. The number of hydrogen-bond donors (Lipinski definition) is 1. The summed E-state index contributed by atoms with van der Waals surface area (Å²) in [7, 11) is 0. The topological polar surface area (TPSA) is 59.5 Å². The van der Waals surface area contributed by atoms with Crippen LogP contribution in [0.5, 0.6) is 0 Å². The average molecular weight is 273 g/mol. The van der Waals surface area contributed by atoms with Crippen molar-refractivity contribution in [3.05, 3.63) is 24.2 Å². The molecule has 0 atom stereocenters. The molecule has 5 heteroatoms. The molecule has 3 rings (SSSR count). The van der Waals surface area contributed by atoms with E-state index in [0.29, 0.717) is 11.7 Å². The highest BCUT2D eigenvalue weighted by Crippen LogP contribution is 2.22. The molecule has 0 saturated carbocycles. The van der Waals surface area contributed by atoms with Crippen molar-refractivity contribution in [1.82, 2.24) is 19.5 Å². The third kappa shape index (κ3) is 2.77. The van der Waals surface area contributed by atoms with Crippen molar-refractivity contribution in [3.8, 4) is 0 Å². The van der Waals surface area contributed by atoms with Gasteiger partial charge in [-0.3, -0.25) is 0 Å². The molecule has 1 fully saturated rings. The zero-order valence-electron chi connectivity index (χ0n) is 12.3. The van der Waals surface area contributed by atoms with Crippen LogP contribution in [-0.4, -0.2) is 38.6 Å². The van der Waals surface area contributed by atoms with Gasteiger partial charge >= 0.3 is 0 Å². The molecule has 108 valence electrons. The van der Waals surface area contributed by atoms with Crippen molar-refractivity contribution >= 4 is 11.3 Å². The summed E-state index contributed by atoms with van der Waals surface area (Å²) in [6, 6.07) is 2.74. The number of anilines is 1. The fourth-order valence-corrected chi connectivity index (χ4v) is 3.01. The first-order valence-electron chi connectivity index (χ1n) is 7.45. The number of fused-ring (bicyclic) bond motifs is 1. The maximum absolute atomic E-state index is 5.73. The summed E-state index contributed by atoms with van der Waals surface area (Å²) in [5.74, 6) is 0.743. The second-order valence-corrected chi connectivity index (χ2v) is 6.10. The van der Waals surface area contributed by atoms with Gasteiger partial charge in [0, 0.05) is 12.1 Å². The molecular formula is C15H23N5. The Morgan fingerprint density at radius 3 is 2.80 bits per heavy atom. The third-order valence-electron chi connectivity index (χ3n) is 4.26. The predicted molar refractivity (Wildman–Crippen MR) is 80.5 cm³/mol. The molecule has 1 aliphatic heterocycles. The Hall–Kier alpha value is -1.62. The molecular weight excluding hydrogens is 250 g/mol. The second kappa shape index (κ2) is 5.40.